The molecule has 0 aliphatic carbocycles. The molecule has 0 aromatic heterocycles. The number of rotatable bonds is 4. The molecule has 0 spiro atoms. The highest BCUT2D eigenvalue weighted by atomic mass is 16.6. The molecular weight excluding hydrogens is 200 g/mol. The monoisotopic (exact) mass is 220 g/mol. The summed E-state index contributed by atoms with van der Waals surface area (Å²) in [4.78, 5) is 0. The maximum Gasteiger partial charge on any atom is 0.114 e. The summed E-state index contributed by atoms with van der Waals surface area (Å²) in [5, 5.41) is 9.97. The van der Waals surface area contributed by atoms with Gasteiger partial charge in [-0.25, -0.2) is 0 Å². The van der Waals surface area contributed by atoms with E-state index in [0.717, 1.165) is 0 Å². The Morgan fingerprint density at radius 2 is 1.73 bits per heavy atom. The predicted molar refractivity (Wildman–Crippen MR) is 53.8 cm³/mol. The molecule has 1 N–H and O–H groups in total. The predicted octanol–water partition coefficient (Wildman–Crippen LogP) is -0.189. The van der Waals surface area contributed by atoms with Crippen LogP contribution in [-0.2, 0) is 18.9 Å². The Hall–Kier alpha value is -0.200. The van der Waals surface area contributed by atoms with Crippen molar-refractivity contribution in [1.82, 2.24) is 0 Å². The number of hydrogen-bond acceptors (Lipinski definition) is 5. The third-order valence-electron chi connectivity index (χ3n) is 2.77. The molecule has 1 fully saturated rings. The molecule has 5 nitrogen and oxygen atoms in total. The Morgan fingerprint density at radius 1 is 1.13 bits per heavy atom. The topological polar surface area (TPSA) is 57.2 Å². The maximum atomic E-state index is 9.97. The van der Waals surface area contributed by atoms with Crippen LogP contribution in [0.15, 0.2) is 0 Å². The fraction of sp³-hybridized carbons (Fsp3) is 1.00. The highest BCUT2D eigenvalue weighted by molar-refractivity contribution is 4.92. The summed E-state index contributed by atoms with van der Waals surface area (Å²) in [6.45, 7) is 2.25. The fourth-order valence-corrected chi connectivity index (χ4v) is 2.01. The minimum atomic E-state index is -0.726. The van der Waals surface area contributed by atoms with E-state index in [-0.39, 0.29) is 24.4 Å². The number of ether oxygens (including phenoxy) is 4. The fourth-order valence-electron chi connectivity index (χ4n) is 2.01. The number of hydrogen-bond donors (Lipinski definition) is 1. The zero-order valence-corrected chi connectivity index (χ0v) is 9.67. The largest absolute Gasteiger partial charge is 0.387 e. The van der Waals surface area contributed by atoms with Gasteiger partial charge in [-0.15, -0.1) is 0 Å². The van der Waals surface area contributed by atoms with Gasteiger partial charge < -0.3 is 24.1 Å². The van der Waals surface area contributed by atoms with Crippen LogP contribution in [0, 0.1) is 0 Å². The normalized spacial score (nSPS) is 41.8. The van der Waals surface area contributed by atoms with Gasteiger partial charge in [-0.1, -0.05) is 0 Å². The molecule has 1 rings (SSSR count). The minimum absolute atomic E-state index is 0.122. The van der Waals surface area contributed by atoms with E-state index >= 15 is 0 Å². The molecule has 0 aromatic carbocycles. The standard InChI is InChI=1S/C10H20O5/c1-6-9(13-3)10(14-4)8(11)7(15-6)5-12-2/h6-11H,5H2,1-4H3/t6-,7?,8-,9-,10+/m0/s1. The van der Waals surface area contributed by atoms with Gasteiger partial charge in [-0.05, 0) is 6.92 Å². The quantitative estimate of drug-likeness (QED) is 0.711. The van der Waals surface area contributed by atoms with Gasteiger partial charge in [0.2, 0.25) is 0 Å². The van der Waals surface area contributed by atoms with Crippen LogP contribution >= 0.6 is 0 Å². The lowest BCUT2D eigenvalue weighted by molar-refractivity contribution is -0.239. The lowest BCUT2D eigenvalue weighted by Crippen LogP contribution is -2.59. The van der Waals surface area contributed by atoms with Gasteiger partial charge in [-0.3, -0.25) is 0 Å². The summed E-state index contributed by atoms with van der Waals surface area (Å²) in [6.07, 6.45) is -1.84. The average Bonchev–Trinajstić information content (AvgIpc) is 2.22. The molecule has 1 aliphatic rings. The van der Waals surface area contributed by atoms with Crippen molar-refractivity contribution in [2.24, 2.45) is 0 Å². The molecule has 1 saturated heterocycles. The van der Waals surface area contributed by atoms with Gasteiger partial charge in [0.25, 0.3) is 0 Å². The van der Waals surface area contributed by atoms with Gasteiger partial charge in [-0.2, -0.15) is 0 Å². The summed E-state index contributed by atoms with van der Waals surface area (Å²) >= 11 is 0. The van der Waals surface area contributed by atoms with E-state index in [4.69, 9.17) is 18.9 Å². The Kier molecular flexibility index (Phi) is 4.95. The van der Waals surface area contributed by atoms with Crippen molar-refractivity contribution in [2.45, 2.75) is 37.4 Å². The van der Waals surface area contributed by atoms with Crippen LogP contribution < -0.4 is 0 Å². The first-order chi connectivity index (χ1) is 7.15. The zero-order chi connectivity index (χ0) is 11.4. The van der Waals surface area contributed by atoms with Gasteiger partial charge in [0.15, 0.2) is 0 Å². The molecule has 5 atom stereocenters. The first-order valence-corrected chi connectivity index (χ1v) is 5.03. The summed E-state index contributed by atoms with van der Waals surface area (Å²) in [5.41, 5.74) is 0. The van der Waals surface area contributed by atoms with Crippen LogP contribution in [0.4, 0.5) is 0 Å². The molecule has 0 radical (unpaired) electrons. The number of methoxy groups -OCH3 is 3. The van der Waals surface area contributed by atoms with Crippen molar-refractivity contribution in [2.75, 3.05) is 27.9 Å². The van der Waals surface area contributed by atoms with Crippen LogP contribution in [0.1, 0.15) is 6.92 Å². The van der Waals surface area contributed by atoms with Crippen molar-refractivity contribution >= 4 is 0 Å². The Labute approximate surface area is 90.3 Å². The third-order valence-corrected chi connectivity index (χ3v) is 2.77. The van der Waals surface area contributed by atoms with E-state index in [9.17, 15) is 5.11 Å². The van der Waals surface area contributed by atoms with E-state index < -0.39 is 6.10 Å². The van der Waals surface area contributed by atoms with E-state index in [1.54, 1.807) is 21.3 Å². The second-order valence-electron chi connectivity index (χ2n) is 3.73. The van der Waals surface area contributed by atoms with Crippen molar-refractivity contribution in [3.05, 3.63) is 0 Å². The van der Waals surface area contributed by atoms with Crippen LogP contribution in [0.2, 0.25) is 0 Å². The lowest BCUT2D eigenvalue weighted by atomic mass is 9.95. The van der Waals surface area contributed by atoms with Crippen LogP contribution in [0.3, 0.4) is 0 Å². The Bertz CT molecular complexity index is 187. The van der Waals surface area contributed by atoms with Gasteiger partial charge in [0.05, 0.1) is 12.7 Å². The Morgan fingerprint density at radius 3 is 2.20 bits per heavy atom. The summed E-state index contributed by atoms with van der Waals surface area (Å²) in [5.74, 6) is 0. The van der Waals surface area contributed by atoms with Crippen molar-refractivity contribution in [3.63, 3.8) is 0 Å². The van der Waals surface area contributed by atoms with E-state index in [1.807, 2.05) is 6.92 Å². The second-order valence-corrected chi connectivity index (χ2v) is 3.73. The van der Waals surface area contributed by atoms with Crippen molar-refractivity contribution in [1.29, 1.82) is 0 Å². The molecule has 90 valence electrons. The molecule has 0 saturated carbocycles. The van der Waals surface area contributed by atoms with Crippen LogP contribution in [0.25, 0.3) is 0 Å². The minimum Gasteiger partial charge on any atom is -0.387 e. The molecule has 0 amide bonds. The summed E-state index contributed by atoms with van der Waals surface area (Å²) in [7, 11) is 4.71. The molecule has 5 heteroatoms. The van der Waals surface area contributed by atoms with E-state index in [2.05, 4.69) is 0 Å². The van der Waals surface area contributed by atoms with Gasteiger partial charge in [0, 0.05) is 21.3 Å². The van der Waals surface area contributed by atoms with Crippen LogP contribution in [-0.4, -0.2) is 63.6 Å². The second kappa shape index (κ2) is 5.77. The number of aliphatic hydroxyl groups excluding tert-OH is 1. The molecule has 1 aliphatic heterocycles. The number of aliphatic hydroxyl groups is 1. The molecule has 1 heterocycles. The van der Waals surface area contributed by atoms with E-state index in [0.29, 0.717) is 6.61 Å². The average molecular weight is 220 g/mol. The molecular formula is C10H20O5. The van der Waals surface area contributed by atoms with Crippen molar-refractivity contribution < 1.29 is 24.1 Å². The molecule has 1 unspecified atom stereocenters. The molecule has 0 aromatic rings. The highest BCUT2D eigenvalue weighted by Crippen LogP contribution is 2.24. The van der Waals surface area contributed by atoms with Gasteiger partial charge >= 0.3 is 0 Å². The van der Waals surface area contributed by atoms with Crippen molar-refractivity contribution in [3.8, 4) is 0 Å². The smallest absolute Gasteiger partial charge is 0.114 e. The van der Waals surface area contributed by atoms with Gasteiger partial charge in [0.1, 0.15) is 24.4 Å². The Balaban J connectivity index is 2.70. The maximum absolute atomic E-state index is 9.97. The molecule has 15 heavy (non-hydrogen) atoms. The first kappa shape index (κ1) is 12.9. The van der Waals surface area contributed by atoms with E-state index in [1.165, 1.54) is 0 Å². The van der Waals surface area contributed by atoms with Crippen LogP contribution in [0.5, 0.6) is 0 Å². The first-order valence-electron chi connectivity index (χ1n) is 5.03. The summed E-state index contributed by atoms with van der Waals surface area (Å²) in [6, 6.07) is 0. The third kappa shape index (κ3) is 2.68. The lowest BCUT2D eigenvalue weighted by Gasteiger charge is -2.42. The highest BCUT2D eigenvalue weighted by Gasteiger charge is 2.43. The zero-order valence-electron chi connectivity index (χ0n) is 9.67. The SMILES string of the molecule is COCC1O[C@@H](C)[C@H](OC)[C@H](OC)[C@H]1O. The molecule has 0 bridgehead atoms. The summed E-state index contributed by atoms with van der Waals surface area (Å²) < 4.78 is 21.1.